The van der Waals surface area contributed by atoms with Gasteiger partial charge in [0.15, 0.2) is 0 Å². The third-order valence-corrected chi connectivity index (χ3v) is 5.76. The van der Waals surface area contributed by atoms with Crippen molar-refractivity contribution in [1.82, 2.24) is 23.5 Å². The van der Waals surface area contributed by atoms with Crippen molar-refractivity contribution in [2.75, 3.05) is 6.61 Å². The first-order chi connectivity index (χ1) is 16.8. The second kappa shape index (κ2) is 10.8. The molecule has 2 aromatic heterocycles. The van der Waals surface area contributed by atoms with Gasteiger partial charge < -0.3 is 14.9 Å². The van der Waals surface area contributed by atoms with Crippen molar-refractivity contribution in [3.05, 3.63) is 91.5 Å². The topological polar surface area (TPSA) is 148 Å². The molecule has 182 valence electrons. The first kappa shape index (κ1) is 24.5. The number of hydrogen-bond acceptors (Lipinski definition) is 9. The van der Waals surface area contributed by atoms with Gasteiger partial charge in [0.2, 0.25) is 5.62 Å². The molecular weight excluding hydrogens is 496 g/mol. The van der Waals surface area contributed by atoms with Crippen LogP contribution in [0.4, 0.5) is 5.69 Å². The molecule has 1 atom stereocenters. The van der Waals surface area contributed by atoms with E-state index in [1.54, 1.807) is 55.5 Å². The lowest BCUT2D eigenvalue weighted by atomic mass is 10.2. The Morgan fingerprint density at radius 2 is 1.86 bits per heavy atom. The Labute approximate surface area is 207 Å². The van der Waals surface area contributed by atoms with Gasteiger partial charge in [0, 0.05) is 16.6 Å². The van der Waals surface area contributed by atoms with Gasteiger partial charge in [-0.25, -0.2) is 19.1 Å². The molecule has 0 aliphatic heterocycles. The molecule has 0 aliphatic carbocycles. The lowest BCUT2D eigenvalue weighted by molar-refractivity contribution is 0.0783. The summed E-state index contributed by atoms with van der Waals surface area (Å²) in [5.74, 6) is 1.14. The normalized spacial score (nSPS) is 12.6. The predicted octanol–water partition coefficient (Wildman–Crippen LogP) is 1.58. The van der Waals surface area contributed by atoms with E-state index in [0.29, 0.717) is 27.5 Å². The summed E-state index contributed by atoms with van der Waals surface area (Å²) in [4.78, 5) is 37.0. The molecule has 4 aromatic rings. The van der Waals surface area contributed by atoms with E-state index >= 15 is 0 Å². The van der Waals surface area contributed by atoms with Gasteiger partial charge in [0.05, 0.1) is 31.5 Å². The molecular formula is C22H21ClN6O5S. The van der Waals surface area contributed by atoms with Gasteiger partial charge in [-0.1, -0.05) is 23.7 Å². The van der Waals surface area contributed by atoms with Crippen molar-refractivity contribution < 1.29 is 14.9 Å². The number of aromatic nitrogens is 5. The number of aliphatic hydroxyl groups excluding tert-OH is 2. The maximum absolute atomic E-state index is 13.2. The fraction of sp³-hybridized carbons (Fsp3) is 0.227. The number of aliphatic hydroxyl groups is 2. The third kappa shape index (κ3) is 6.11. The molecule has 13 heteroatoms. The molecule has 0 saturated heterocycles. The number of H-pyrrole nitrogens is 1. The molecule has 0 amide bonds. The summed E-state index contributed by atoms with van der Waals surface area (Å²) in [6.07, 6.45) is -1.27. The summed E-state index contributed by atoms with van der Waals surface area (Å²) in [7, 11) is 0. The quantitative estimate of drug-likeness (QED) is 0.322. The van der Waals surface area contributed by atoms with Crippen LogP contribution in [0.3, 0.4) is 0 Å². The van der Waals surface area contributed by atoms with E-state index in [1.807, 2.05) is 0 Å². The van der Waals surface area contributed by atoms with E-state index in [-0.39, 0.29) is 18.7 Å². The van der Waals surface area contributed by atoms with Gasteiger partial charge in [-0.15, -0.1) is 0 Å². The molecule has 0 radical (unpaired) electrons. The SMILES string of the molecule is Cc1nsc(Oc2ccc(/N=c3\[nH]c(=O)n(C[C@H](O)CO)c(=O)n3Cc3ccc(Cl)cc3)cc2)n1. The van der Waals surface area contributed by atoms with E-state index in [2.05, 4.69) is 19.3 Å². The number of nitrogens with one attached hydrogen (secondary N) is 1. The Morgan fingerprint density at radius 1 is 1.14 bits per heavy atom. The van der Waals surface area contributed by atoms with E-state index in [4.69, 9.17) is 21.4 Å². The lowest BCUT2D eigenvalue weighted by Crippen LogP contribution is -2.51. The second-order valence-corrected chi connectivity index (χ2v) is 8.66. The van der Waals surface area contributed by atoms with Gasteiger partial charge in [0.1, 0.15) is 11.6 Å². The minimum Gasteiger partial charge on any atom is -0.430 e. The smallest absolute Gasteiger partial charge is 0.335 e. The summed E-state index contributed by atoms with van der Waals surface area (Å²) in [5.41, 5.74) is -0.246. The minimum atomic E-state index is -1.27. The van der Waals surface area contributed by atoms with Crippen LogP contribution < -0.4 is 21.7 Å². The van der Waals surface area contributed by atoms with Crippen molar-refractivity contribution in [2.24, 2.45) is 4.99 Å². The first-order valence-electron chi connectivity index (χ1n) is 10.4. The number of halogens is 1. The van der Waals surface area contributed by atoms with Crippen molar-refractivity contribution in [2.45, 2.75) is 26.1 Å². The highest BCUT2D eigenvalue weighted by atomic mass is 35.5. The summed E-state index contributed by atoms with van der Waals surface area (Å²) >= 11 is 7.10. The molecule has 4 rings (SSSR count). The number of hydrogen-bond donors (Lipinski definition) is 3. The molecule has 0 unspecified atom stereocenters. The van der Waals surface area contributed by atoms with Crippen molar-refractivity contribution in [1.29, 1.82) is 0 Å². The van der Waals surface area contributed by atoms with Gasteiger partial charge in [0.25, 0.3) is 5.19 Å². The molecule has 3 N–H and O–H groups in total. The number of aromatic amines is 1. The summed E-state index contributed by atoms with van der Waals surface area (Å²) in [5, 5.41) is 19.9. The molecule has 0 bridgehead atoms. The standard InChI is InChI=1S/C22H21ClN6O5S/c1-13-24-21(35-27-13)34-18-8-6-16(7-9-18)25-19-26-20(32)29(11-17(31)12-30)22(33)28(19)10-14-2-4-15(23)5-3-14/h2-9,17,30-31H,10-12H2,1H3,(H,25,26,32)/t17-/m0/s1. The van der Waals surface area contributed by atoms with Gasteiger partial charge in [-0.05, 0) is 48.9 Å². The van der Waals surface area contributed by atoms with Crippen LogP contribution in [0.25, 0.3) is 0 Å². The maximum Gasteiger partial charge on any atom is 0.335 e. The van der Waals surface area contributed by atoms with Gasteiger partial charge in [-0.3, -0.25) is 9.55 Å². The first-order valence-corrected chi connectivity index (χ1v) is 11.6. The zero-order valence-electron chi connectivity index (χ0n) is 18.5. The van der Waals surface area contributed by atoms with E-state index in [0.717, 1.165) is 21.7 Å². The Hall–Kier alpha value is -3.58. The van der Waals surface area contributed by atoms with Crippen molar-refractivity contribution in [3.63, 3.8) is 0 Å². The van der Waals surface area contributed by atoms with Crippen LogP contribution in [-0.4, -0.2) is 46.4 Å². The molecule has 0 aliphatic rings. The zero-order valence-corrected chi connectivity index (χ0v) is 20.0. The number of nitrogens with zero attached hydrogens (tertiary/aromatic N) is 5. The molecule has 2 heterocycles. The van der Waals surface area contributed by atoms with Crippen LogP contribution in [0.1, 0.15) is 11.4 Å². The third-order valence-electron chi connectivity index (χ3n) is 4.83. The van der Waals surface area contributed by atoms with Crippen LogP contribution in [0.2, 0.25) is 5.02 Å². The molecule has 35 heavy (non-hydrogen) atoms. The zero-order chi connectivity index (χ0) is 24.9. The molecule has 2 aromatic carbocycles. The Morgan fingerprint density at radius 3 is 2.49 bits per heavy atom. The Bertz CT molecular complexity index is 1490. The lowest BCUT2D eigenvalue weighted by Gasteiger charge is -2.13. The summed E-state index contributed by atoms with van der Waals surface area (Å²) in [6, 6.07) is 13.5. The summed E-state index contributed by atoms with van der Waals surface area (Å²) < 4.78 is 11.8. The Balaban J connectivity index is 1.73. The Kier molecular flexibility index (Phi) is 7.56. The fourth-order valence-corrected chi connectivity index (χ4v) is 3.80. The molecule has 0 spiro atoms. The van der Waals surface area contributed by atoms with Crippen molar-refractivity contribution >= 4 is 28.8 Å². The van der Waals surface area contributed by atoms with E-state index < -0.39 is 24.1 Å². The summed E-state index contributed by atoms with van der Waals surface area (Å²) in [6.45, 7) is 0.880. The minimum absolute atomic E-state index is 0.0121. The van der Waals surface area contributed by atoms with Crippen LogP contribution in [-0.2, 0) is 13.1 Å². The average molecular weight is 517 g/mol. The number of ether oxygens (including phenoxy) is 1. The van der Waals surface area contributed by atoms with Crippen LogP contribution in [0, 0.1) is 6.92 Å². The fourth-order valence-electron chi connectivity index (χ4n) is 3.12. The van der Waals surface area contributed by atoms with Gasteiger partial charge >= 0.3 is 11.4 Å². The van der Waals surface area contributed by atoms with Gasteiger partial charge in [-0.2, -0.15) is 9.36 Å². The number of benzene rings is 2. The number of rotatable bonds is 8. The highest BCUT2D eigenvalue weighted by Gasteiger charge is 2.13. The average Bonchev–Trinajstić information content (AvgIpc) is 3.25. The molecule has 0 saturated carbocycles. The number of aryl methyl sites for hydroxylation is 1. The molecule has 11 nitrogen and oxygen atoms in total. The molecule has 0 fully saturated rings. The van der Waals surface area contributed by atoms with Crippen LogP contribution >= 0.6 is 23.1 Å². The van der Waals surface area contributed by atoms with Crippen LogP contribution in [0.15, 0.2) is 63.1 Å². The highest BCUT2D eigenvalue weighted by molar-refractivity contribution is 7.07. The van der Waals surface area contributed by atoms with Crippen LogP contribution in [0.5, 0.6) is 10.9 Å². The van der Waals surface area contributed by atoms with E-state index in [1.165, 1.54) is 4.57 Å². The largest absolute Gasteiger partial charge is 0.430 e. The monoisotopic (exact) mass is 516 g/mol. The van der Waals surface area contributed by atoms with E-state index in [9.17, 15) is 14.7 Å². The predicted molar refractivity (Wildman–Crippen MR) is 129 cm³/mol. The maximum atomic E-state index is 13.2. The second-order valence-electron chi connectivity index (χ2n) is 7.51. The van der Waals surface area contributed by atoms with Crippen molar-refractivity contribution in [3.8, 4) is 10.9 Å². The highest BCUT2D eigenvalue weighted by Crippen LogP contribution is 2.24.